The number of rotatable bonds is 3. The van der Waals surface area contributed by atoms with E-state index in [9.17, 15) is 9.90 Å². The zero-order valence-electron chi connectivity index (χ0n) is 10.9. The smallest absolute Gasteiger partial charge is 0.235 e. The highest BCUT2D eigenvalue weighted by Crippen LogP contribution is 2.48. The van der Waals surface area contributed by atoms with Crippen LogP contribution in [0, 0.1) is 0 Å². The zero-order chi connectivity index (χ0) is 13.3. The minimum absolute atomic E-state index is 0.238. The van der Waals surface area contributed by atoms with Crippen LogP contribution >= 0.6 is 0 Å². The molecule has 1 heterocycles. The summed E-state index contributed by atoms with van der Waals surface area (Å²) in [6.07, 6.45) is 6.79. The summed E-state index contributed by atoms with van der Waals surface area (Å²) in [5.41, 5.74) is 1.38. The number of aromatic hydroxyl groups is 1. The van der Waals surface area contributed by atoms with E-state index in [1.807, 2.05) is 12.1 Å². The van der Waals surface area contributed by atoms with Crippen molar-refractivity contribution in [2.24, 2.45) is 4.99 Å². The third kappa shape index (κ3) is 2.02. The van der Waals surface area contributed by atoms with Gasteiger partial charge in [-0.2, -0.15) is 4.99 Å². The van der Waals surface area contributed by atoms with Crippen molar-refractivity contribution >= 4 is 11.8 Å². The standard InChI is InChI=1S/C15H18N2O2/c18-11-16-15(6-3-7-15)13-10-12(4-5-14(13)19)17-8-1-2-9-17/h4-5,10,19H,1-3,6-9H2. The predicted octanol–water partition coefficient (Wildman–Crippen LogP) is 2.71. The summed E-state index contributed by atoms with van der Waals surface area (Å²) in [7, 11) is 0. The van der Waals surface area contributed by atoms with Gasteiger partial charge in [0.15, 0.2) is 0 Å². The number of benzene rings is 1. The first-order valence-electron chi connectivity index (χ1n) is 6.93. The summed E-state index contributed by atoms with van der Waals surface area (Å²) in [5, 5.41) is 10.1. The number of phenols is 1. The van der Waals surface area contributed by atoms with Crippen LogP contribution < -0.4 is 4.90 Å². The first-order chi connectivity index (χ1) is 9.25. The normalized spacial score (nSPS) is 20.7. The molecule has 19 heavy (non-hydrogen) atoms. The van der Waals surface area contributed by atoms with Gasteiger partial charge < -0.3 is 10.0 Å². The number of hydrogen-bond acceptors (Lipinski definition) is 4. The van der Waals surface area contributed by atoms with Crippen molar-refractivity contribution in [2.75, 3.05) is 18.0 Å². The molecule has 100 valence electrons. The second kappa shape index (κ2) is 4.71. The van der Waals surface area contributed by atoms with E-state index in [1.165, 1.54) is 12.8 Å². The molecule has 2 fully saturated rings. The molecule has 0 radical (unpaired) electrons. The van der Waals surface area contributed by atoms with Crippen molar-refractivity contribution in [2.45, 2.75) is 37.6 Å². The highest BCUT2D eigenvalue weighted by Gasteiger charge is 2.41. The first kappa shape index (κ1) is 12.2. The van der Waals surface area contributed by atoms with Crippen LogP contribution in [0.25, 0.3) is 0 Å². The highest BCUT2D eigenvalue weighted by molar-refractivity contribution is 5.56. The fourth-order valence-electron chi connectivity index (χ4n) is 3.11. The molecule has 1 aliphatic carbocycles. The van der Waals surface area contributed by atoms with E-state index in [-0.39, 0.29) is 5.75 Å². The highest BCUT2D eigenvalue weighted by atomic mass is 16.3. The van der Waals surface area contributed by atoms with Gasteiger partial charge in [0.25, 0.3) is 0 Å². The third-order valence-corrected chi connectivity index (χ3v) is 4.39. The van der Waals surface area contributed by atoms with Crippen LogP contribution in [0.3, 0.4) is 0 Å². The number of aliphatic imine (C=N–C) groups is 1. The molecular formula is C15H18N2O2. The van der Waals surface area contributed by atoms with Crippen LogP contribution in [0.15, 0.2) is 23.2 Å². The summed E-state index contributed by atoms with van der Waals surface area (Å²) in [6, 6.07) is 5.67. The van der Waals surface area contributed by atoms with Gasteiger partial charge in [0.2, 0.25) is 6.08 Å². The first-order valence-corrected chi connectivity index (χ1v) is 6.93. The Morgan fingerprint density at radius 1 is 1.21 bits per heavy atom. The van der Waals surface area contributed by atoms with Crippen LogP contribution in [-0.2, 0) is 10.3 Å². The van der Waals surface area contributed by atoms with Gasteiger partial charge in [-0.15, -0.1) is 0 Å². The van der Waals surface area contributed by atoms with Crippen molar-refractivity contribution in [3.8, 4) is 5.75 Å². The second-order valence-electron chi connectivity index (χ2n) is 5.48. The van der Waals surface area contributed by atoms with Crippen LogP contribution in [0.1, 0.15) is 37.7 Å². The molecule has 3 rings (SSSR count). The molecule has 1 saturated carbocycles. The molecule has 0 spiro atoms. The van der Waals surface area contributed by atoms with Crippen molar-refractivity contribution < 1.29 is 9.90 Å². The predicted molar refractivity (Wildman–Crippen MR) is 73.2 cm³/mol. The zero-order valence-corrected chi connectivity index (χ0v) is 10.9. The summed E-state index contributed by atoms with van der Waals surface area (Å²) in [4.78, 5) is 17.0. The Balaban J connectivity index is 2.00. The average Bonchev–Trinajstić information content (AvgIpc) is 2.89. The molecule has 0 unspecified atom stereocenters. The van der Waals surface area contributed by atoms with Crippen LogP contribution in [0.5, 0.6) is 5.75 Å². The van der Waals surface area contributed by atoms with Crippen molar-refractivity contribution in [1.29, 1.82) is 0 Å². The lowest BCUT2D eigenvalue weighted by atomic mass is 9.72. The maximum absolute atomic E-state index is 10.7. The van der Waals surface area contributed by atoms with Gasteiger partial charge in [0.1, 0.15) is 11.3 Å². The monoisotopic (exact) mass is 258 g/mol. The molecule has 1 saturated heterocycles. The van der Waals surface area contributed by atoms with Gasteiger partial charge in [-0.3, -0.25) is 0 Å². The van der Waals surface area contributed by atoms with Crippen LogP contribution in [0.2, 0.25) is 0 Å². The molecule has 4 heteroatoms. The van der Waals surface area contributed by atoms with E-state index < -0.39 is 5.54 Å². The van der Waals surface area contributed by atoms with Crippen molar-refractivity contribution in [3.05, 3.63) is 23.8 Å². The van der Waals surface area contributed by atoms with Crippen LogP contribution in [-0.4, -0.2) is 24.3 Å². The second-order valence-corrected chi connectivity index (χ2v) is 5.48. The molecule has 1 aromatic rings. The van der Waals surface area contributed by atoms with Gasteiger partial charge in [-0.1, -0.05) is 0 Å². The minimum Gasteiger partial charge on any atom is -0.508 e. The molecule has 0 bridgehead atoms. The molecule has 1 aliphatic heterocycles. The number of anilines is 1. The Morgan fingerprint density at radius 3 is 2.53 bits per heavy atom. The fraction of sp³-hybridized carbons (Fsp3) is 0.533. The SMILES string of the molecule is O=C=NC1(c2cc(N3CCCC3)ccc2O)CCC1. The third-order valence-electron chi connectivity index (χ3n) is 4.39. The Bertz CT molecular complexity index is 525. The van der Waals surface area contributed by atoms with Gasteiger partial charge in [-0.05, 0) is 50.3 Å². The molecule has 4 nitrogen and oxygen atoms in total. The fourth-order valence-corrected chi connectivity index (χ4v) is 3.11. The van der Waals surface area contributed by atoms with E-state index in [0.717, 1.165) is 43.6 Å². The Labute approximate surface area is 112 Å². The Hall–Kier alpha value is -1.80. The van der Waals surface area contributed by atoms with E-state index in [0.29, 0.717) is 0 Å². The minimum atomic E-state index is -0.526. The average molecular weight is 258 g/mol. The lowest BCUT2D eigenvalue weighted by Crippen LogP contribution is -2.32. The Kier molecular flexibility index (Phi) is 3.03. The van der Waals surface area contributed by atoms with Crippen LogP contribution in [0.4, 0.5) is 5.69 Å². The van der Waals surface area contributed by atoms with Gasteiger partial charge in [-0.25, -0.2) is 4.79 Å². The number of nitrogens with zero attached hydrogens (tertiary/aromatic N) is 2. The molecule has 0 amide bonds. The summed E-state index contributed by atoms with van der Waals surface area (Å²) >= 11 is 0. The maximum Gasteiger partial charge on any atom is 0.235 e. The van der Waals surface area contributed by atoms with Crippen molar-refractivity contribution in [3.63, 3.8) is 0 Å². The molecule has 1 N–H and O–H groups in total. The Morgan fingerprint density at radius 2 is 1.95 bits per heavy atom. The summed E-state index contributed by atoms with van der Waals surface area (Å²) < 4.78 is 0. The summed E-state index contributed by atoms with van der Waals surface area (Å²) in [6.45, 7) is 2.13. The quantitative estimate of drug-likeness (QED) is 0.670. The lowest BCUT2D eigenvalue weighted by Gasteiger charge is -2.38. The number of carbonyl (C=O) groups excluding carboxylic acids is 1. The molecule has 2 aliphatic rings. The van der Waals surface area contributed by atoms with E-state index >= 15 is 0 Å². The van der Waals surface area contributed by atoms with Gasteiger partial charge in [0.05, 0.1) is 0 Å². The molecule has 0 atom stereocenters. The van der Waals surface area contributed by atoms with Gasteiger partial charge >= 0.3 is 0 Å². The topological polar surface area (TPSA) is 52.9 Å². The van der Waals surface area contributed by atoms with Gasteiger partial charge in [0, 0.05) is 24.3 Å². The summed E-state index contributed by atoms with van der Waals surface area (Å²) in [5.74, 6) is 0.238. The molecule has 0 aromatic heterocycles. The van der Waals surface area contributed by atoms with E-state index in [1.54, 1.807) is 12.1 Å². The number of hydrogen-bond donors (Lipinski definition) is 1. The molecular weight excluding hydrogens is 240 g/mol. The maximum atomic E-state index is 10.7. The number of phenolic OH excluding ortho intramolecular Hbond substituents is 1. The van der Waals surface area contributed by atoms with E-state index in [2.05, 4.69) is 9.89 Å². The van der Waals surface area contributed by atoms with Crippen molar-refractivity contribution in [1.82, 2.24) is 0 Å². The van der Waals surface area contributed by atoms with E-state index in [4.69, 9.17) is 0 Å². The number of isocyanates is 1. The lowest BCUT2D eigenvalue weighted by molar-refractivity contribution is 0.248. The molecule has 1 aromatic carbocycles. The largest absolute Gasteiger partial charge is 0.508 e.